The fraction of sp³-hybridized carbons (Fsp3) is 0.500. The third-order valence-corrected chi connectivity index (χ3v) is 7.58. The molecule has 0 radical (unpaired) electrons. The zero-order chi connectivity index (χ0) is 14.4. The first-order valence-electron chi connectivity index (χ1n) is 7.54. The summed E-state index contributed by atoms with van der Waals surface area (Å²) in [6.07, 6.45) is 4.02. The molecule has 0 bridgehead atoms. The van der Waals surface area contributed by atoms with Crippen LogP contribution < -0.4 is 9.78 Å². The van der Waals surface area contributed by atoms with Gasteiger partial charge in [0.15, 0.2) is 0 Å². The van der Waals surface area contributed by atoms with Crippen molar-refractivity contribution in [3.8, 4) is 0 Å². The van der Waals surface area contributed by atoms with Crippen LogP contribution in [0.5, 0.6) is 0 Å². The van der Waals surface area contributed by atoms with Gasteiger partial charge in [-0.25, -0.2) is 0 Å². The molecule has 1 aromatic carbocycles. The molecule has 1 saturated carbocycles. The Morgan fingerprint density at radius 3 is 2.90 bits per heavy atom. The van der Waals surface area contributed by atoms with Gasteiger partial charge in [-0.05, 0) is 0 Å². The quantitative estimate of drug-likeness (QED) is 0.661. The van der Waals surface area contributed by atoms with E-state index in [4.69, 9.17) is 0 Å². The Morgan fingerprint density at radius 1 is 1.29 bits per heavy atom. The van der Waals surface area contributed by atoms with Gasteiger partial charge in [0.2, 0.25) is 0 Å². The summed E-state index contributed by atoms with van der Waals surface area (Å²) in [4.78, 5) is 26.5. The van der Waals surface area contributed by atoms with Crippen molar-refractivity contribution in [3.63, 3.8) is 0 Å². The first-order chi connectivity index (χ1) is 10.2. The van der Waals surface area contributed by atoms with Crippen LogP contribution in [-0.2, 0) is 4.79 Å². The summed E-state index contributed by atoms with van der Waals surface area (Å²) in [6, 6.07) is 10.5. The average molecular weight is 349 g/mol. The average Bonchev–Trinajstić information content (AvgIpc) is 3.08. The van der Waals surface area contributed by atoms with Gasteiger partial charge < -0.3 is 0 Å². The van der Waals surface area contributed by atoms with Gasteiger partial charge in [-0.2, -0.15) is 0 Å². The monoisotopic (exact) mass is 350 g/mol. The summed E-state index contributed by atoms with van der Waals surface area (Å²) in [7, 11) is 0. The Labute approximate surface area is 130 Å². The van der Waals surface area contributed by atoms with Crippen LogP contribution >= 0.6 is 0 Å². The maximum atomic E-state index is 12.3. The second-order valence-corrected chi connectivity index (χ2v) is 8.45. The maximum absolute atomic E-state index is 12.3. The first kappa shape index (κ1) is 13.3. The van der Waals surface area contributed by atoms with Crippen LogP contribution in [0, 0.1) is 5.92 Å². The van der Waals surface area contributed by atoms with E-state index in [0.717, 1.165) is 31.0 Å². The van der Waals surface area contributed by atoms with Gasteiger partial charge in [0.1, 0.15) is 0 Å². The molecule has 3 atom stereocenters. The molecular formula is C16H18N2O2Se. The molecule has 2 heterocycles. The minimum absolute atomic E-state index is 0.0373. The van der Waals surface area contributed by atoms with Crippen molar-refractivity contribution < 1.29 is 9.59 Å². The van der Waals surface area contributed by atoms with Crippen molar-refractivity contribution in [2.75, 3.05) is 0 Å². The van der Waals surface area contributed by atoms with Crippen LogP contribution in [0.3, 0.4) is 0 Å². The molecule has 3 aliphatic rings. The fourth-order valence-electron chi connectivity index (χ4n) is 4.32. The van der Waals surface area contributed by atoms with Crippen LogP contribution in [0.15, 0.2) is 30.3 Å². The molecule has 5 heteroatoms. The molecule has 21 heavy (non-hydrogen) atoms. The summed E-state index contributed by atoms with van der Waals surface area (Å²) in [5.74, 6) is 0.338. The third kappa shape index (κ3) is 1.87. The normalized spacial score (nSPS) is 34.0. The van der Waals surface area contributed by atoms with Crippen molar-refractivity contribution in [2.45, 2.75) is 42.6 Å². The van der Waals surface area contributed by atoms with E-state index in [0.29, 0.717) is 20.9 Å². The van der Waals surface area contributed by atoms with Gasteiger partial charge in [-0.15, -0.1) is 0 Å². The number of amides is 3. The van der Waals surface area contributed by atoms with Crippen molar-refractivity contribution in [1.82, 2.24) is 10.2 Å². The molecule has 4 nitrogen and oxygen atoms in total. The number of carbonyl (C=O) groups is 2. The molecule has 3 amide bonds. The SMILES string of the molecule is O=C1NC(=O)[C@]23CCCC2C[C@H](C[Se]c2ccccc2)N13. The Morgan fingerprint density at radius 2 is 2.10 bits per heavy atom. The zero-order valence-corrected chi connectivity index (χ0v) is 13.5. The molecule has 110 valence electrons. The number of urea groups is 1. The fourth-order valence-corrected chi connectivity index (χ4v) is 6.46. The summed E-state index contributed by atoms with van der Waals surface area (Å²) in [6.45, 7) is 0. The number of nitrogens with zero attached hydrogens (tertiary/aromatic N) is 1. The minimum atomic E-state index is -0.492. The number of hydrogen-bond donors (Lipinski definition) is 1. The molecule has 2 saturated heterocycles. The third-order valence-electron chi connectivity index (χ3n) is 5.16. The second-order valence-electron chi connectivity index (χ2n) is 6.16. The van der Waals surface area contributed by atoms with Crippen molar-refractivity contribution in [1.29, 1.82) is 0 Å². The summed E-state index contributed by atoms with van der Waals surface area (Å²) in [5, 5.41) is 3.57. The molecule has 1 N–H and O–H groups in total. The van der Waals surface area contributed by atoms with Gasteiger partial charge in [-0.3, -0.25) is 0 Å². The number of rotatable bonds is 3. The molecule has 0 aromatic heterocycles. The molecule has 2 aliphatic heterocycles. The van der Waals surface area contributed by atoms with Gasteiger partial charge in [0.25, 0.3) is 0 Å². The molecule has 1 aliphatic carbocycles. The van der Waals surface area contributed by atoms with Crippen LogP contribution in [0.2, 0.25) is 5.32 Å². The van der Waals surface area contributed by atoms with E-state index in [2.05, 4.69) is 29.6 Å². The molecular weight excluding hydrogens is 331 g/mol. The van der Waals surface area contributed by atoms with E-state index >= 15 is 0 Å². The van der Waals surface area contributed by atoms with Gasteiger partial charge in [0.05, 0.1) is 0 Å². The van der Waals surface area contributed by atoms with Gasteiger partial charge in [-0.1, -0.05) is 0 Å². The van der Waals surface area contributed by atoms with E-state index in [1.807, 2.05) is 11.0 Å². The van der Waals surface area contributed by atoms with Crippen molar-refractivity contribution >= 4 is 31.4 Å². The topological polar surface area (TPSA) is 49.4 Å². The second kappa shape index (κ2) is 4.85. The van der Waals surface area contributed by atoms with Crippen LogP contribution in [0.4, 0.5) is 4.79 Å². The Balaban J connectivity index is 1.55. The molecule has 1 aromatic rings. The van der Waals surface area contributed by atoms with E-state index in [1.165, 1.54) is 4.46 Å². The zero-order valence-electron chi connectivity index (χ0n) is 11.7. The van der Waals surface area contributed by atoms with E-state index in [1.54, 1.807) is 0 Å². The number of carbonyl (C=O) groups excluding carboxylic acids is 2. The predicted molar refractivity (Wildman–Crippen MR) is 80.5 cm³/mol. The van der Waals surface area contributed by atoms with Gasteiger partial charge >= 0.3 is 130 Å². The number of hydrogen-bond acceptors (Lipinski definition) is 2. The molecule has 1 spiro atoms. The predicted octanol–water partition coefficient (Wildman–Crippen LogP) is 1.30. The number of imide groups is 1. The number of benzene rings is 1. The van der Waals surface area contributed by atoms with Crippen LogP contribution in [0.1, 0.15) is 25.7 Å². The van der Waals surface area contributed by atoms with Crippen LogP contribution in [-0.4, -0.2) is 43.4 Å². The Hall–Kier alpha value is -1.32. The number of nitrogens with one attached hydrogen (secondary N) is 1. The van der Waals surface area contributed by atoms with E-state index in [-0.39, 0.29) is 18.0 Å². The summed E-state index contributed by atoms with van der Waals surface area (Å²) >= 11 is 0.359. The first-order valence-corrected chi connectivity index (χ1v) is 9.61. The summed E-state index contributed by atoms with van der Waals surface area (Å²) < 4.78 is 1.36. The Kier molecular flexibility index (Phi) is 3.09. The molecule has 4 rings (SSSR count). The van der Waals surface area contributed by atoms with E-state index in [9.17, 15) is 9.59 Å². The van der Waals surface area contributed by atoms with Crippen molar-refractivity contribution in [3.05, 3.63) is 30.3 Å². The van der Waals surface area contributed by atoms with Crippen LogP contribution in [0.25, 0.3) is 0 Å². The standard InChI is InChI=1S/C16H18N2O2Se/c19-14-16-8-4-5-11(16)9-12(18(16)15(20)17-14)10-21-13-6-2-1-3-7-13/h1-3,6-7,11-12H,4-5,8-10H2,(H,17,19,20)/t11?,12-,16+/m1/s1. The van der Waals surface area contributed by atoms with Gasteiger partial charge in [0, 0.05) is 0 Å². The van der Waals surface area contributed by atoms with E-state index < -0.39 is 5.54 Å². The van der Waals surface area contributed by atoms with Crippen molar-refractivity contribution in [2.24, 2.45) is 5.92 Å². The Bertz CT molecular complexity index is 591. The molecule has 1 unspecified atom stereocenters. The summed E-state index contributed by atoms with van der Waals surface area (Å²) in [5.41, 5.74) is -0.492. The molecule has 3 fully saturated rings.